The summed E-state index contributed by atoms with van der Waals surface area (Å²) in [5.74, 6) is 1.28. The molecular formula is C19H25N4OS+. The molecule has 1 atom stereocenters. The molecule has 0 radical (unpaired) electrons. The van der Waals surface area contributed by atoms with Crippen LogP contribution in [0.4, 0.5) is 5.95 Å². The van der Waals surface area contributed by atoms with Gasteiger partial charge in [-0.25, -0.2) is 9.97 Å². The average molecular weight is 358 g/mol. The summed E-state index contributed by atoms with van der Waals surface area (Å²) in [6.45, 7) is 9.61. The number of carbonyl (C=O) groups is 1. The van der Waals surface area contributed by atoms with Crippen LogP contribution in [-0.4, -0.2) is 48.5 Å². The summed E-state index contributed by atoms with van der Waals surface area (Å²) in [5, 5.41) is 2.08. The fourth-order valence-corrected chi connectivity index (χ4v) is 4.83. The third-order valence-corrected chi connectivity index (χ3v) is 6.54. The van der Waals surface area contributed by atoms with Crippen molar-refractivity contribution in [2.24, 2.45) is 0 Å². The van der Waals surface area contributed by atoms with Crippen molar-refractivity contribution in [3.63, 3.8) is 0 Å². The molecule has 6 heteroatoms. The zero-order valence-electron chi connectivity index (χ0n) is 14.9. The highest BCUT2D eigenvalue weighted by molar-refractivity contribution is 7.10. The highest BCUT2D eigenvalue weighted by Crippen LogP contribution is 2.35. The van der Waals surface area contributed by atoms with Gasteiger partial charge >= 0.3 is 0 Å². The predicted octanol–water partition coefficient (Wildman–Crippen LogP) is 1.48. The van der Waals surface area contributed by atoms with Gasteiger partial charge in [-0.05, 0) is 31.7 Å². The minimum atomic E-state index is 0.198. The number of rotatable bonds is 3. The van der Waals surface area contributed by atoms with Gasteiger partial charge in [-0.3, -0.25) is 4.79 Å². The standard InChI is InChI=1S/C19H24N4OS/c1-3-22-6-8-23(9-7-22)19-20-13(2)18-15(21-19)11-14(12-16(18)24)17-5-4-10-25-17/h4-5,10,14H,3,6-9,11-12H2,1-2H3/p+1/t14-/m0/s1. The first-order chi connectivity index (χ1) is 12.2. The van der Waals surface area contributed by atoms with Crippen LogP contribution in [-0.2, 0) is 6.42 Å². The predicted molar refractivity (Wildman–Crippen MR) is 99.9 cm³/mol. The number of fused-ring (bicyclic) bond motifs is 1. The molecular weight excluding hydrogens is 332 g/mol. The first-order valence-electron chi connectivity index (χ1n) is 9.18. The van der Waals surface area contributed by atoms with E-state index in [2.05, 4.69) is 34.3 Å². The summed E-state index contributed by atoms with van der Waals surface area (Å²) in [6.07, 6.45) is 1.42. The Hall–Kier alpha value is -1.79. The Balaban J connectivity index is 1.62. The van der Waals surface area contributed by atoms with Gasteiger partial charge in [0.1, 0.15) is 0 Å². The first-order valence-corrected chi connectivity index (χ1v) is 10.1. The molecule has 0 bridgehead atoms. The molecule has 2 aromatic heterocycles. The summed E-state index contributed by atoms with van der Waals surface area (Å²) in [7, 11) is 0. The second-order valence-corrected chi connectivity index (χ2v) is 8.04. The lowest BCUT2D eigenvalue weighted by Gasteiger charge is -2.32. The summed E-state index contributed by atoms with van der Waals surface area (Å²) in [4.78, 5) is 27.4. The number of thiophene rings is 1. The number of aromatic nitrogens is 2. The lowest BCUT2D eigenvalue weighted by Crippen LogP contribution is -3.14. The molecule has 5 nitrogen and oxygen atoms in total. The van der Waals surface area contributed by atoms with Crippen molar-refractivity contribution < 1.29 is 9.69 Å². The van der Waals surface area contributed by atoms with Crippen molar-refractivity contribution in [3.05, 3.63) is 39.3 Å². The van der Waals surface area contributed by atoms with E-state index in [1.807, 2.05) is 6.92 Å². The molecule has 0 saturated carbocycles. The number of piperazine rings is 1. The SMILES string of the molecule is CC[NH+]1CCN(c2nc(C)c3c(n2)C[C@H](c2cccs2)CC3=O)CC1. The van der Waals surface area contributed by atoms with Gasteiger partial charge in [0.15, 0.2) is 5.78 Å². The molecule has 1 N–H and O–H groups in total. The van der Waals surface area contributed by atoms with E-state index in [0.29, 0.717) is 6.42 Å². The maximum Gasteiger partial charge on any atom is 0.226 e. The van der Waals surface area contributed by atoms with E-state index in [4.69, 9.17) is 4.98 Å². The number of hydrogen-bond donors (Lipinski definition) is 1. The molecule has 0 unspecified atom stereocenters. The monoisotopic (exact) mass is 357 g/mol. The minimum absolute atomic E-state index is 0.198. The molecule has 25 heavy (non-hydrogen) atoms. The van der Waals surface area contributed by atoms with E-state index in [1.165, 1.54) is 11.4 Å². The summed E-state index contributed by atoms with van der Waals surface area (Å²) in [5.41, 5.74) is 2.57. The van der Waals surface area contributed by atoms with Crippen molar-refractivity contribution in [1.29, 1.82) is 0 Å². The first kappa shape index (κ1) is 16.7. The number of nitrogens with one attached hydrogen (secondary N) is 1. The van der Waals surface area contributed by atoms with Crippen LogP contribution in [0.5, 0.6) is 0 Å². The van der Waals surface area contributed by atoms with Crippen molar-refractivity contribution in [2.75, 3.05) is 37.6 Å². The Morgan fingerprint density at radius 1 is 1.28 bits per heavy atom. The van der Waals surface area contributed by atoms with Gasteiger partial charge < -0.3 is 9.80 Å². The lowest BCUT2D eigenvalue weighted by atomic mass is 9.84. The third kappa shape index (κ3) is 3.20. The maximum absolute atomic E-state index is 12.7. The number of carbonyl (C=O) groups excluding carboxylic acids is 1. The van der Waals surface area contributed by atoms with Crippen LogP contribution in [0.25, 0.3) is 0 Å². The van der Waals surface area contributed by atoms with E-state index in [-0.39, 0.29) is 11.7 Å². The summed E-state index contributed by atoms with van der Waals surface area (Å²) in [6, 6.07) is 4.20. The van der Waals surface area contributed by atoms with Crippen LogP contribution < -0.4 is 9.80 Å². The Bertz CT molecular complexity index is 766. The van der Waals surface area contributed by atoms with Crippen LogP contribution >= 0.6 is 11.3 Å². The van der Waals surface area contributed by atoms with Gasteiger partial charge in [-0.2, -0.15) is 0 Å². The second-order valence-electron chi connectivity index (χ2n) is 7.07. The number of anilines is 1. The van der Waals surface area contributed by atoms with Crippen LogP contribution in [0.1, 0.15) is 45.9 Å². The highest BCUT2D eigenvalue weighted by Gasteiger charge is 2.31. The molecule has 1 aliphatic carbocycles. The number of quaternary nitrogens is 1. The Morgan fingerprint density at radius 2 is 2.08 bits per heavy atom. The number of likely N-dealkylation sites (N-methyl/N-ethyl adjacent to an activating group) is 1. The quantitative estimate of drug-likeness (QED) is 0.904. The summed E-state index contributed by atoms with van der Waals surface area (Å²) >= 11 is 1.74. The molecule has 3 heterocycles. The minimum Gasteiger partial charge on any atom is -0.332 e. The maximum atomic E-state index is 12.7. The average Bonchev–Trinajstić information content (AvgIpc) is 3.16. The Kier molecular flexibility index (Phi) is 4.56. The van der Waals surface area contributed by atoms with Gasteiger partial charge in [0.2, 0.25) is 5.95 Å². The zero-order valence-corrected chi connectivity index (χ0v) is 15.7. The topological polar surface area (TPSA) is 50.5 Å². The molecule has 2 aliphatic rings. The molecule has 1 aliphatic heterocycles. The molecule has 0 spiro atoms. The molecule has 1 fully saturated rings. The fraction of sp³-hybridized carbons (Fsp3) is 0.526. The molecule has 1 saturated heterocycles. The van der Waals surface area contributed by atoms with E-state index in [0.717, 1.165) is 55.5 Å². The molecule has 0 aromatic carbocycles. The Morgan fingerprint density at radius 3 is 2.76 bits per heavy atom. The van der Waals surface area contributed by atoms with Gasteiger partial charge in [-0.15, -0.1) is 11.3 Å². The van der Waals surface area contributed by atoms with E-state index < -0.39 is 0 Å². The van der Waals surface area contributed by atoms with Crippen molar-refractivity contribution in [1.82, 2.24) is 9.97 Å². The molecule has 2 aromatic rings. The number of hydrogen-bond acceptors (Lipinski definition) is 5. The third-order valence-electron chi connectivity index (χ3n) is 5.50. The number of nitrogens with zero attached hydrogens (tertiary/aromatic N) is 3. The Labute approximate surface area is 152 Å². The number of ketones is 1. The number of Topliss-reactive ketones (excluding diaryl/α,β-unsaturated/α-hetero) is 1. The van der Waals surface area contributed by atoms with Gasteiger partial charge in [-0.1, -0.05) is 6.07 Å². The molecule has 4 rings (SSSR count). The normalized spacial score (nSPS) is 21.4. The van der Waals surface area contributed by atoms with E-state index in [9.17, 15) is 4.79 Å². The van der Waals surface area contributed by atoms with Gasteiger partial charge in [0.05, 0.1) is 49.7 Å². The largest absolute Gasteiger partial charge is 0.332 e. The second kappa shape index (κ2) is 6.84. The van der Waals surface area contributed by atoms with Gasteiger partial charge in [0.25, 0.3) is 0 Å². The lowest BCUT2D eigenvalue weighted by molar-refractivity contribution is -0.898. The summed E-state index contributed by atoms with van der Waals surface area (Å²) < 4.78 is 0. The van der Waals surface area contributed by atoms with Crippen molar-refractivity contribution in [3.8, 4) is 0 Å². The number of aryl methyl sites for hydroxylation is 1. The zero-order chi connectivity index (χ0) is 17.4. The van der Waals surface area contributed by atoms with Crippen LogP contribution in [0.2, 0.25) is 0 Å². The van der Waals surface area contributed by atoms with Crippen LogP contribution in [0, 0.1) is 6.92 Å². The van der Waals surface area contributed by atoms with Crippen LogP contribution in [0.15, 0.2) is 17.5 Å². The molecule has 0 amide bonds. The van der Waals surface area contributed by atoms with E-state index in [1.54, 1.807) is 16.2 Å². The van der Waals surface area contributed by atoms with Crippen molar-refractivity contribution >= 4 is 23.1 Å². The van der Waals surface area contributed by atoms with Gasteiger partial charge in [0, 0.05) is 17.2 Å². The highest BCUT2D eigenvalue weighted by atomic mass is 32.1. The van der Waals surface area contributed by atoms with Crippen LogP contribution in [0.3, 0.4) is 0 Å². The van der Waals surface area contributed by atoms with Crippen molar-refractivity contribution in [2.45, 2.75) is 32.6 Å². The van der Waals surface area contributed by atoms with E-state index >= 15 is 0 Å². The smallest absolute Gasteiger partial charge is 0.226 e. The fourth-order valence-electron chi connectivity index (χ4n) is 4.00. The molecule has 132 valence electrons.